The van der Waals surface area contributed by atoms with Crippen molar-refractivity contribution in [3.63, 3.8) is 0 Å². The average molecular weight is 286 g/mol. The van der Waals surface area contributed by atoms with Gasteiger partial charge in [-0.05, 0) is 32.9 Å². The predicted octanol–water partition coefficient (Wildman–Crippen LogP) is 2.57. The third-order valence-corrected chi connectivity index (χ3v) is 2.44. The molecule has 0 spiro atoms. The van der Waals surface area contributed by atoms with Gasteiger partial charge in [-0.15, -0.1) is 0 Å². The van der Waals surface area contributed by atoms with Gasteiger partial charge in [0.1, 0.15) is 5.69 Å². The highest BCUT2D eigenvalue weighted by Crippen LogP contribution is 2.27. The molecule has 104 valence electrons. The second-order valence-electron chi connectivity index (χ2n) is 5.07. The Hall–Kier alpha value is -1.66. The van der Waals surface area contributed by atoms with E-state index in [1.165, 1.54) is 18.2 Å². The number of nitro groups is 1. The fraction of sp³-hybridized carbons (Fsp3) is 0.417. The van der Waals surface area contributed by atoms with Gasteiger partial charge in [0.2, 0.25) is 5.91 Å². The van der Waals surface area contributed by atoms with Gasteiger partial charge in [-0.2, -0.15) is 0 Å². The van der Waals surface area contributed by atoms with Gasteiger partial charge in [0.05, 0.1) is 11.5 Å². The molecule has 0 atom stereocenters. The van der Waals surface area contributed by atoms with Crippen LogP contribution in [-0.4, -0.2) is 22.9 Å². The molecule has 1 rings (SSSR count). The first-order chi connectivity index (χ1) is 8.69. The first-order valence-electron chi connectivity index (χ1n) is 5.68. The highest BCUT2D eigenvalue weighted by atomic mass is 35.5. The SMILES string of the molecule is CC(C)(C)NCC(=O)Nc1cc(Cl)ccc1[N+](=O)[O-]. The molecule has 0 aliphatic rings. The smallest absolute Gasteiger partial charge is 0.292 e. The largest absolute Gasteiger partial charge is 0.319 e. The van der Waals surface area contributed by atoms with Gasteiger partial charge < -0.3 is 10.6 Å². The molecule has 19 heavy (non-hydrogen) atoms. The first-order valence-corrected chi connectivity index (χ1v) is 6.05. The summed E-state index contributed by atoms with van der Waals surface area (Å²) in [5, 5.41) is 16.6. The quantitative estimate of drug-likeness (QED) is 0.658. The predicted molar refractivity (Wildman–Crippen MR) is 74.5 cm³/mol. The van der Waals surface area contributed by atoms with Crippen LogP contribution in [-0.2, 0) is 4.79 Å². The van der Waals surface area contributed by atoms with Gasteiger partial charge in [-0.3, -0.25) is 14.9 Å². The van der Waals surface area contributed by atoms with E-state index >= 15 is 0 Å². The van der Waals surface area contributed by atoms with Crippen molar-refractivity contribution in [2.24, 2.45) is 0 Å². The summed E-state index contributed by atoms with van der Waals surface area (Å²) in [5.74, 6) is -0.361. The Balaban J connectivity index is 2.78. The zero-order valence-electron chi connectivity index (χ0n) is 11.0. The summed E-state index contributed by atoms with van der Waals surface area (Å²) in [6, 6.07) is 4.02. The number of nitrogens with one attached hydrogen (secondary N) is 2. The van der Waals surface area contributed by atoms with Crippen LogP contribution in [0.2, 0.25) is 5.02 Å². The van der Waals surface area contributed by atoms with Crippen molar-refractivity contribution >= 4 is 28.9 Å². The molecule has 0 bridgehead atoms. The lowest BCUT2D eigenvalue weighted by Gasteiger charge is -2.20. The van der Waals surface area contributed by atoms with Crippen molar-refractivity contribution < 1.29 is 9.72 Å². The highest BCUT2D eigenvalue weighted by molar-refractivity contribution is 6.31. The van der Waals surface area contributed by atoms with E-state index in [2.05, 4.69) is 10.6 Å². The molecule has 0 aromatic heterocycles. The number of carbonyl (C=O) groups is 1. The maximum Gasteiger partial charge on any atom is 0.292 e. The summed E-state index contributed by atoms with van der Waals surface area (Å²) in [6.07, 6.45) is 0. The van der Waals surface area contributed by atoms with E-state index in [9.17, 15) is 14.9 Å². The molecule has 0 saturated heterocycles. The van der Waals surface area contributed by atoms with Gasteiger partial charge in [0.25, 0.3) is 5.69 Å². The molecule has 0 radical (unpaired) electrons. The molecule has 1 aromatic rings. The minimum absolute atomic E-state index is 0.0627. The Labute approximate surface area is 116 Å². The van der Waals surface area contributed by atoms with Crippen molar-refractivity contribution in [1.29, 1.82) is 0 Å². The summed E-state index contributed by atoms with van der Waals surface area (Å²) >= 11 is 5.77. The first kappa shape index (κ1) is 15.4. The van der Waals surface area contributed by atoms with E-state index in [0.29, 0.717) is 5.02 Å². The van der Waals surface area contributed by atoms with Crippen LogP contribution < -0.4 is 10.6 Å². The lowest BCUT2D eigenvalue weighted by atomic mass is 10.1. The van der Waals surface area contributed by atoms with Crippen LogP contribution in [0.25, 0.3) is 0 Å². The summed E-state index contributed by atoms with van der Waals surface area (Å²) in [4.78, 5) is 22.0. The fourth-order valence-corrected chi connectivity index (χ4v) is 1.48. The average Bonchev–Trinajstić information content (AvgIpc) is 2.25. The molecule has 7 heteroatoms. The monoisotopic (exact) mass is 285 g/mol. The van der Waals surface area contributed by atoms with Crippen molar-refractivity contribution in [3.05, 3.63) is 33.3 Å². The summed E-state index contributed by atoms with van der Waals surface area (Å²) in [5.41, 5.74) is -0.302. The highest BCUT2D eigenvalue weighted by Gasteiger charge is 2.17. The Bertz CT molecular complexity index is 497. The molecule has 0 heterocycles. The molecule has 0 aliphatic heterocycles. The minimum Gasteiger partial charge on any atom is -0.319 e. The topological polar surface area (TPSA) is 84.3 Å². The van der Waals surface area contributed by atoms with E-state index in [1.807, 2.05) is 20.8 Å². The van der Waals surface area contributed by atoms with Gasteiger partial charge in [-0.1, -0.05) is 11.6 Å². The van der Waals surface area contributed by atoms with Crippen LogP contribution >= 0.6 is 11.6 Å². The summed E-state index contributed by atoms with van der Waals surface area (Å²) in [7, 11) is 0. The zero-order valence-corrected chi connectivity index (χ0v) is 11.7. The van der Waals surface area contributed by atoms with Crippen LogP contribution in [0.15, 0.2) is 18.2 Å². The normalized spacial score (nSPS) is 11.2. The Morgan fingerprint density at radius 1 is 1.42 bits per heavy atom. The minimum atomic E-state index is -0.566. The van der Waals surface area contributed by atoms with E-state index in [0.717, 1.165) is 0 Å². The van der Waals surface area contributed by atoms with Crippen LogP contribution in [0.1, 0.15) is 20.8 Å². The number of nitro benzene ring substituents is 1. The van der Waals surface area contributed by atoms with E-state index in [4.69, 9.17) is 11.6 Å². The molecular weight excluding hydrogens is 270 g/mol. The lowest BCUT2D eigenvalue weighted by Crippen LogP contribution is -2.41. The maximum absolute atomic E-state index is 11.7. The second-order valence-corrected chi connectivity index (χ2v) is 5.51. The zero-order chi connectivity index (χ0) is 14.6. The third-order valence-electron chi connectivity index (χ3n) is 2.21. The van der Waals surface area contributed by atoms with Crippen LogP contribution in [0.3, 0.4) is 0 Å². The molecular formula is C12H16ClN3O3. The number of hydrogen-bond acceptors (Lipinski definition) is 4. The Morgan fingerprint density at radius 2 is 2.05 bits per heavy atom. The molecule has 0 saturated carbocycles. The molecule has 1 amide bonds. The van der Waals surface area contributed by atoms with E-state index in [1.54, 1.807) is 0 Å². The third kappa shape index (κ3) is 5.23. The number of benzene rings is 1. The molecule has 0 fully saturated rings. The number of nitrogens with zero attached hydrogens (tertiary/aromatic N) is 1. The van der Waals surface area contributed by atoms with Crippen LogP contribution in [0, 0.1) is 10.1 Å². The van der Waals surface area contributed by atoms with Crippen LogP contribution in [0.5, 0.6) is 0 Å². The number of amides is 1. The van der Waals surface area contributed by atoms with Gasteiger partial charge >= 0.3 is 0 Å². The van der Waals surface area contributed by atoms with Crippen molar-refractivity contribution in [3.8, 4) is 0 Å². The molecule has 2 N–H and O–H groups in total. The summed E-state index contributed by atoms with van der Waals surface area (Å²) in [6.45, 7) is 5.82. The number of carbonyl (C=O) groups excluding carboxylic acids is 1. The lowest BCUT2D eigenvalue weighted by molar-refractivity contribution is -0.383. The maximum atomic E-state index is 11.7. The molecule has 0 unspecified atom stereocenters. The van der Waals surface area contributed by atoms with Crippen molar-refractivity contribution in [2.75, 3.05) is 11.9 Å². The standard InChI is InChI=1S/C12H16ClN3O3/c1-12(2,3)14-7-11(17)15-9-6-8(13)4-5-10(9)16(18)19/h4-6,14H,7H2,1-3H3,(H,15,17). The number of anilines is 1. The Morgan fingerprint density at radius 3 is 2.58 bits per heavy atom. The van der Waals surface area contributed by atoms with Crippen molar-refractivity contribution in [1.82, 2.24) is 5.32 Å². The number of hydrogen-bond donors (Lipinski definition) is 2. The van der Waals surface area contributed by atoms with Gasteiger partial charge in [0.15, 0.2) is 0 Å². The van der Waals surface area contributed by atoms with Crippen molar-refractivity contribution in [2.45, 2.75) is 26.3 Å². The molecule has 0 aliphatic carbocycles. The van der Waals surface area contributed by atoms with Gasteiger partial charge in [0, 0.05) is 16.6 Å². The van der Waals surface area contributed by atoms with E-state index < -0.39 is 4.92 Å². The van der Waals surface area contributed by atoms with Crippen LogP contribution in [0.4, 0.5) is 11.4 Å². The molecule has 6 nitrogen and oxygen atoms in total. The molecule has 1 aromatic carbocycles. The van der Waals surface area contributed by atoms with Gasteiger partial charge in [-0.25, -0.2) is 0 Å². The fourth-order valence-electron chi connectivity index (χ4n) is 1.31. The number of rotatable bonds is 4. The summed E-state index contributed by atoms with van der Waals surface area (Å²) < 4.78 is 0. The van der Waals surface area contributed by atoms with E-state index in [-0.39, 0.29) is 29.4 Å². The second kappa shape index (κ2) is 5.99. The number of halogens is 1. The Kier molecular flexibility index (Phi) is 4.85.